The lowest BCUT2D eigenvalue weighted by atomic mass is 9.85. The lowest BCUT2D eigenvalue weighted by Crippen LogP contribution is -2.39. The Morgan fingerprint density at radius 3 is 2.67 bits per heavy atom. The summed E-state index contributed by atoms with van der Waals surface area (Å²) in [7, 11) is 1.46. The number of aromatic nitrogens is 3. The first-order chi connectivity index (χ1) is 8.61. The molecule has 1 heterocycles. The van der Waals surface area contributed by atoms with Gasteiger partial charge in [-0.1, -0.05) is 19.3 Å². The largest absolute Gasteiger partial charge is 0.467 e. The Bertz CT molecular complexity index is 410. The molecule has 0 saturated heterocycles. The average Bonchev–Trinajstić information content (AvgIpc) is 2.37. The Morgan fingerprint density at radius 2 is 2.00 bits per heavy atom. The average molecular weight is 273 g/mol. The van der Waals surface area contributed by atoms with Gasteiger partial charge in [0.1, 0.15) is 0 Å². The Hall–Kier alpha value is -1.14. The molecule has 0 radical (unpaired) electrons. The van der Waals surface area contributed by atoms with Crippen molar-refractivity contribution in [1.82, 2.24) is 15.0 Å². The highest BCUT2D eigenvalue weighted by Gasteiger charge is 2.29. The number of halogens is 1. The van der Waals surface area contributed by atoms with Gasteiger partial charge in [0.05, 0.1) is 12.7 Å². The minimum atomic E-state index is -0.676. The predicted molar refractivity (Wildman–Crippen MR) is 67.9 cm³/mol. The smallest absolute Gasteiger partial charge is 0.322 e. The zero-order chi connectivity index (χ0) is 13.0. The van der Waals surface area contributed by atoms with Gasteiger partial charge in [0, 0.05) is 6.54 Å². The molecule has 0 unspecified atom stereocenters. The maximum absolute atomic E-state index is 10.3. The first-order valence-electron chi connectivity index (χ1n) is 6.03. The second-order valence-electron chi connectivity index (χ2n) is 4.55. The van der Waals surface area contributed by atoms with Crippen LogP contribution in [0, 0.1) is 0 Å². The molecule has 1 fully saturated rings. The summed E-state index contributed by atoms with van der Waals surface area (Å²) < 4.78 is 4.90. The molecule has 0 aromatic carbocycles. The fourth-order valence-electron chi connectivity index (χ4n) is 2.13. The summed E-state index contributed by atoms with van der Waals surface area (Å²) in [5.74, 6) is 0.325. The van der Waals surface area contributed by atoms with Gasteiger partial charge in [0.15, 0.2) is 0 Å². The summed E-state index contributed by atoms with van der Waals surface area (Å²) in [6.45, 7) is 0.413. The molecule has 1 aromatic heterocycles. The van der Waals surface area contributed by atoms with Crippen molar-refractivity contribution in [3.8, 4) is 6.01 Å². The summed E-state index contributed by atoms with van der Waals surface area (Å²) in [6, 6.07) is 0.160. The molecule has 0 amide bonds. The summed E-state index contributed by atoms with van der Waals surface area (Å²) >= 11 is 5.74. The number of hydrogen-bond acceptors (Lipinski definition) is 6. The number of hydrogen-bond donors (Lipinski definition) is 2. The van der Waals surface area contributed by atoms with Gasteiger partial charge in [-0.2, -0.15) is 15.0 Å². The van der Waals surface area contributed by atoms with Gasteiger partial charge in [-0.05, 0) is 24.4 Å². The summed E-state index contributed by atoms with van der Waals surface area (Å²) in [5, 5.41) is 13.4. The first-order valence-corrected chi connectivity index (χ1v) is 6.41. The van der Waals surface area contributed by atoms with Gasteiger partial charge in [0.25, 0.3) is 0 Å². The minimum Gasteiger partial charge on any atom is -0.467 e. The fraction of sp³-hybridized carbons (Fsp3) is 0.727. The second-order valence-corrected chi connectivity index (χ2v) is 4.89. The Morgan fingerprint density at radius 1 is 1.28 bits per heavy atom. The number of aliphatic hydroxyl groups is 1. The third-order valence-electron chi connectivity index (χ3n) is 3.13. The minimum absolute atomic E-state index is 0.0694. The Labute approximate surface area is 111 Å². The standard InChI is InChI=1S/C11H17ClN4O2/c1-18-10-15-8(12)14-9(16-10)13-7-11(17)5-3-2-4-6-11/h17H,2-7H2,1H3,(H,13,14,15,16). The Kier molecular flexibility index (Phi) is 4.19. The molecule has 0 aliphatic heterocycles. The van der Waals surface area contributed by atoms with E-state index in [2.05, 4.69) is 20.3 Å². The van der Waals surface area contributed by atoms with E-state index in [-0.39, 0.29) is 11.3 Å². The van der Waals surface area contributed by atoms with E-state index in [1.54, 1.807) is 0 Å². The Balaban J connectivity index is 1.98. The first kappa shape index (κ1) is 13.3. The second kappa shape index (κ2) is 5.67. The molecule has 2 rings (SSSR count). The van der Waals surface area contributed by atoms with E-state index in [9.17, 15) is 5.11 Å². The lowest BCUT2D eigenvalue weighted by molar-refractivity contribution is 0.0165. The predicted octanol–water partition coefficient (Wildman–Crippen LogP) is 1.64. The van der Waals surface area contributed by atoms with Crippen LogP contribution >= 0.6 is 11.6 Å². The van der Waals surface area contributed by atoms with E-state index in [1.807, 2.05) is 0 Å². The molecule has 2 N–H and O–H groups in total. The molecule has 1 aliphatic rings. The lowest BCUT2D eigenvalue weighted by Gasteiger charge is -2.32. The topological polar surface area (TPSA) is 80.2 Å². The van der Waals surface area contributed by atoms with E-state index in [1.165, 1.54) is 13.5 Å². The molecule has 0 spiro atoms. The van der Waals surface area contributed by atoms with E-state index in [4.69, 9.17) is 16.3 Å². The third kappa shape index (κ3) is 3.43. The summed E-state index contributed by atoms with van der Waals surface area (Å²) in [4.78, 5) is 11.7. The molecular weight excluding hydrogens is 256 g/mol. The number of methoxy groups -OCH3 is 1. The van der Waals surface area contributed by atoms with Crippen LogP contribution in [0.25, 0.3) is 0 Å². The zero-order valence-corrected chi connectivity index (χ0v) is 11.1. The molecule has 7 heteroatoms. The van der Waals surface area contributed by atoms with Gasteiger partial charge >= 0.3 is 6.01 Å². The molecule has 6 nitrogen and oxygen atoms in total. The monoisotopic (exact) mass is 272 g/mol. The highest BCUT2D eigenvalue weighted by Crippen LogP contribution is 2.28. The van der Waals surface area contributed by atoms with Crippen molar-refractivity contribution >= 4 is 17.5 Å². The van der Waals surface area contributed by atoms with Crippen molar-refractivity contribution < 1.29 is 9.84 Å². The van der Waals surface area contributed by atoms with Gasteiger partial charge in [-0.15, -0.1) is 0 Å². The van der Waals surface area contributed by atoms with Gasteiger partial charge in [0.2, 0.25) is 11.2 Å². The molecule has 0 bridgehead atoms. The molecule has 18 heavy (non-hydrogen) atoms. The van der Waals surface area contributed by atoms with Crippen molar-refractivity contribution in [2.24, 2.45) is 0 Å². The fourth-order valence-corrected chi connectivity index (χ4v) is 2.28. The van der Waals surface area contributed by atoms with Crippen LogP contribution in [0.2, 0.25) is 5.28 Å². The number of rotatable bonds is 4. The molecule has 1 aromatic rings. The van der Waals surface area contributed by atoms with Crippen LogP contribution in [0.4, 0.5) is 5.95 Å². The van der Waals surface area contributed by atoms with Crippen molar-refractivity contribution in [2.75, 3.05) is 19.0 Å². The maximum atomic E-state index is 10.3. The SMILES string of the molecule is COc1nc(Cl)nc(NCC2(O)CCCCC2)n1. The molecule has 1 aliphatic carbocycles. The van der Waals surface area contributed by atoms with E-state index >= 15 is 0 Å². The van der Waals surface area contributed by atoms with Crippen LogP contribution in [-0.2, 0) is 0 Å². The van der Waals surface area contributed by atoms with Crippen molar-refractivity contribution in [2.45, 2.75) is 37.7 Å². The van der Waals surface area contributed by atoms with E-state index in [0.29, 0.717) is 12.5 Å². The van der Waals surface area contributed by atoms with E-state index in [0.717, 1.165) is 25.7 Å². The summed E-state index contributed by atoms with van der Waals surface area (Å²) in [6.07, 6.45) is 4.90. The molecular formula is C11H17ClN4O2. The van der Waals surface area contributed by atoms with Gasteiger partial charge in [-0.3, -0.25) is 0 Å². The summed E-state index contributed by atoms with van der Waals surface area (Å²) in [5.41, 5.74) is -0.676. The van der Waals surface area contributed by atoms with Crippen LogP contribution in [0.15, 0.2) is 0 Å². The number of nitrogens with one attached hydrogen (secondary N) is 1. The van der Waals surface area contributed by atoms with Crippen LogP contribution in [0.5, 0.6) is 6.01 Å². The van der Waals surface area contributed by atoms with Crippen LogP contribution < -0.4 is 10.1 Å². The van der Waals surface area contributed by atoms with Crippen LogP contribution in [-0.4, -0.2) is 39.3 Å². The number of ether oxygens (including phenoxy) is 1. The maximum Gasteiger partial charge on any atom is 0.322 e. The zero-order valence-electron chi connectivity index (χ0n) is 10.3. The third-order valence-corrected chi connectivity index (χ3v) is 3.30. The molecule has 100 valence electrons. The molecule has 0 atom stereocenters. The van der Waals surface area contributed by atoms with Gasteiger partial charge < -0.3 is 15.2 Å². The molecule has 1 saturated carbocycles. The van der Waals surface area contributed by atoms with E-state index < -0.39 is 5.60 Å². The normalized spacial score (nSPS) is 18.4. The van der Waals surface area contributed by atoms with Crippen LogP contribution in [0.3, 0.4) is 0 Å². The number of nitrogens with zero attached hydrogens (tertiary/aromatic N) is 3. The number of anilines is 1. The quantitative estimate of drug-likeness (QED) is 0.867. The van der Waals surface area contributed by atoms with Crippen molar-refractivity contribution in [3.63, 3.8) is 0 Å². The van der Waals surface area contributed by atoms with Crippen molar-refractivity contribution in [1.29, 1.82) is 0 Å². The van der Waals surface area contributed by atoms with Crippen molar-refractivity contribution in [3.05, 3.63) is 5.28 Å². The van der Waals surface area contributed by atoms with Gasteiger partial charge in [-0.25, -0.2) is 0 Å². The highest BCUT2D eigenvalue weighted by molar-refractivity contribution is 6.28. The highest BCUT2D eigenvalue weighted by atomic mass is 35.5. The van der Waals surface area contributed by atoms with Crippen LogP contribution in [0.1, 0.15) is 32.1 Å².